The smallest absolute Gasteiger partial charge is 0.348 e. The molecule has 0 radical (unpaired) electrons. The van der Waals surface area contributed by atoms with Gasteiger partial charge >= 0.3 is 5.82 Å². The number of rotatable bonds is 1. The molecule has 0 unspecified atom stereocenters. The zero-order valence-electron chi connectivity index (χ0n) is 7.22. The number of fused-ring (bicyclic) bond motifs is 1. The van der Waals surface area contributed by atoms with Crippen LogP contribution in [0.4, 0.5) is 11.5 Å². The fourth-order valence-electron chi connectivity index (χ4n) is 1.22. The van der Waals surface area contributed by atoms with Gasteiger partial charge in [0, 0.05) is 6.07 Å². The van der Waals surface area contributed by atoms with Gasteiger partial charge in [0.25, 0.3) is 0 Å². The molecular weight excluding hydrogens is 220 g/mol. The van der Waals surface area contributed by atoms with Gasteiger partial charge in [0.1, 0.15) is 0 Å². The van der Waals surface area contributed by atoms with Crippen LogP contribution in [-0.2, 0) is 0 Å². The van der Waals surface area contributed by atoms with E-state index in [-0.39, 0.29) is 16.5 Å². The fourth-order valence-corrected chi connectivity index (χ4v) is 1.46. The summed E-state index contributed by atoms with van der Waals surface area (Å²) >= 11 is 5.86. The molecule has 0 fully saturated rings. The number of nitrogens with zero attached hydrogens (tertiary/aromatic N) is 4. The van der Waals surface area contributed by atoms with E-state index in [1.807, 2.05) is 0 Å². The lowest BCUT2D eigenvalue weighted by Gasteiger charge is -1.95. The van der Waals surface area contributed by atoms with Crippen molar-refractivity contribution in [2.75, 3.05) is 0 Å². The predicted molar refractivity (Wildman–Crippen MR) is 53.1 cm³/mol. The summed E-state index contributed by atoms with van der Waals surface area (Å²) < 4.78 is 1.09. The average molecular weight is 223 g/mol. The molecule has 0 aliphatic carbocycles. The van der Waals surface area contributed by atoms with Gasteiger partial charge in [-0.1, -0.05) is 21.2 Å². The first-order valence-electron chi connectivity index (χ1n) is 3.83. The Labute approximate surface area is 88.7 Å². The molecule has 0 saturated heterocycles. The molecule has 2 rings (SSSR count). The summed E-state index contributed by atoms with van der Waals surface area (Å²) in [5, 5.41) is 14.5. The minimum absolute atomic E-state index is 0.174. The molecule has 0 aromatic carbocycles. The van der Waals surface area contributed by atoms with Crippen molar-refractivity contribution in [3.8, 4) is 0 Å². The van der Waals surface area contributed by atoms with Crippen LogP contribution in [0.2, 0.25) is 5.02 Å². The van der Waals surface area contributed by atoms with Crippen LogP contribution in [0.3, 0.4) is 0 Å². The highest BCUT2D eigenvalue weighted by Crippen LogP contribution is 2.30. The summed E-state index contributed by atoms with van der Waals surface area (Å²) in [4.78, 5) is 13.2. The maximum atomic E-state index is 10.6. The minimum Gasteiger partial charge on any atom is -0.358 e. The molecule has 2 aromatic heterocycles. The van der Waals surface area contributed by atoms with Gasteiger partial charge in [-0.15, -0.1) is 0 Å². The molecule has 0 spiro atoms. The summed E-state index contributed by atoms with van der Waals surface area (Å²) in [6.45, 7) is 6.81. The lowest BCUT2D eigenvalue weighted by atomic mass is 10.4. The Bertz CT molecular complexity index is 598. The Kier molecular flexibility index (Phi) is 2.02. The van der Waals surface area contributed by atoms with Crippen LogP contribution in [0.5, 0.6) is 0 Å². The number of hydrogen-bond acceptors (Lipinski definition) is 3. The first kappa shape index (κ1) is 9.43. The summed E-state index contributed by atoms with van der Waals surface area (Å²) in [6, 6.07) is 2.75. The van der Waals surface area contributed by atoms with E-state index in [1.54, 1.807) is 0 Å². The number of halogens is 1. The molecule has 0 aliphatic rings. The van der Waals surface area contributed by atoms with Crippen LogP contribution >= 0.6 is 11.6 Å². The second kappa shape index (κ2) is 3.22. The van der Waals surface area contributed by atoms with Gasteiger partial charge in [0.2, 0.25) is 5.69 Å². The molecule has 6 nitrogen and oxygen atoms in total. The van der Waals surface area contributed by atoms with Gasteiger partial charge in [-0.2, -0.15) is 0 Å². The van der Waals surface area contributed by atoms with Crippen molar-refractivity contribution < 1.29 is 4.92 Å². The second-order valence-electron chi connectivity index (χ2n) is 2.70. The SMILES string of the molecule is [C-]#[N+]c1cnn2c([N+](=O)[O-])ccc2c1Cl. The van der Waals surface area contributed by atoms with E-state index in [0.29, 0.717) is 5.52 Å². The third-order valence-electron chi connectivity index (χ3n) is 1.89. The van der Waals surface area contributed by atoms with E-state index >= 15 is 0 Å². The largest absolute Gasteiger partial charge is 0.358 e. The standard InChI is InChI=1S/C8H3ClN4O2/c1-10-5-4-11-12-6(8(5)9)2-3-7(12)13(14)15/h2-4H. The van der Waals surface area contributed by atoms with E-state index in [1.165, 1.54) is 18.3 Å². The van der Waals surface area contributed by atoms with E-state index < -0.39 is 4.92 Å². The minimum atomic E-state index is -0.562. The maximum Gasteiger partial charge on any atom is 0.348 e. The van der Waals surface area contributed by atoms with Crippen molar-refractivity contribution in [2.24, 2.45) is 0 Å². The predicted octanol–water partition coefficient (Wildman–Crippen LogP) is 2.45. The van der Waals surface area contributed by atoms with Crippen molar-refractivity contribution in [3.63, 3.8) is 0 Å². The average Bonchev–Trinajstić information content (AvgIpc) is 2.62. The third kappa shape index (κ3) is 1.30. The van der Waals surface area contributed by atoms with Gasteiger partial charge in [0.15, 0.2) is 5.52 Å². The highest BCUT2D eigenvalue weighted by Gasteiger charge is 2.18. The number of hydrogen-bond donors (Lipinski definition) is 0. The zero-order chi connectivity index (χ0) is 11.0. The summed E-state index contributed by atoms with van der Waals surface area (Å²) in [5.74, 6) is -0.177. The fraction of sp³-hybridized carbons (Fsp3) is 0. The molecule has 0 aliphatic heterocycles. The lowest BCUT2D eigenvalue weighted by Crippen LogP contribution is -1.97. The molecule has 0 atom stereocenters. The number of nitro groups is 1. The van der Waals surface area contributed by atoms with E-state index in [2.05, 4.69) is 9.94 Å². The maximum absolute atomic E-state index is 10.6. The summed E-state index contributed by atoms with van der Waals surface area (Å²) in [6.07, 6.45) is 1.20. The molecule has 2 heterocycles. The molecule has 2 aromatic rings. The second-order valence-corrected chi connectivity index (χ2v) is 3.08. The monoisotopic (exact) mass is 222 g/mol. The zero-order valence-corrected chi connectivity index (χ0v) is 7.97. The first-order chi connectivity index (χ1) is 7.15. The van der Waals surface area contributed by atoms with Gasteiger partial charge < -0.3 is 10.1 Å². The highest BCUT2D eigenvalue weighted by molar-refractivity contribution is 6.36. The van der Waals surface area contributed by atoms with Gasteiger partial charge in [-0.25, -0.2) is 4.85 Å². The molecule has 0 amide bonds. The topological polar surface area (TPSA) is 64.8 Å². The Morgan fingerprint density at radius 2 is 2.33 bits per heavy atom. The first-order valence-corrected chi connectivity index (χ1v) is 4.21. The van der Waals surface area contributed by atoms with Crippen LogP contribution in [0.15, 0.2) is 18.3 Å². The lowest BCUT2D eigenvalue weighted by molar-refractivity contribution is -0.390. The Hall–Kier alpha value is -2.13. The number of aromatic nitrogens is 2. The van der Waals surface area contributed by atoms with Crippen molar-refractivity contribution in [3.05, 3.63) is 44.9 Å². The van der Waals surface area contributed by atoms with Crippen molar-refractivity contribution in [2.45, 2.75) is 0 Å². The molecule has 0 bridgehead atoms. The normalized spacial score (nSPS) is 10.1. The van der Waals surface area contributed by atoms with Crippen molar-refractivity contribution in [1.29, 1.82) is 0 Å². The van der Waals surface area contributed by atoms with E-state index in [0.717, 1.165) is 4.52 Å². The van der Waals surface area contributed by atoms with Crippen LogP contribution in [0.1, 0.15) is 0 Å². The molecular formula is C8H3ClN4O2. The van der Waals surface area contributed by atoms with Crippen molar-refractivity contribution >= 4 is 28.6 Å². The molecule has 7 heteroatoms. The molecule has 15 heavy (non-hydrogen) atoms. The van der Waals surface area contributed by atoms with Crippen LogP contribution in [-0.4, -0.2) is 14.5 Å². The highest BCUT2D eigenvalue weighted by atomic mass is 35.5. The summed E-state index contributed by atoms with van der Waals surface area (Å²) in [5.41, 5.74) is 0.536. The Morgan fingerprint density at radius 3 is 2.93 bits per heavy atom. The van der Waals surface area contributed by atoms with Gasteiger partial charge in [-0.05, 0) is 11.0 Å². The Balaban J connectivity index is 2.83. The van der Waals surface area contributed by atoms with E-state index in [4.69, 9.17) is 18.2 Å². The van der Waals surface area contributed by atoms with Gasteiger partial charge in [0.05, 0.1) is 17.8 Å². The van der Waals surface area contributed by atoms with Crippen LogP contribution in [0, 0.1) is 16.7 Å². The summed E-state index contributed by atoms with van der Waals surface area (Å²) in [7, 11) is 0. The molecule has 74 valence electrons. The molecule has 0 saturated carbocycles. The quantitative estimate of drug-likeness (QED) is 0.423. The van der Waals surface area contributed by atoms with E-state index in [9.17, 15) is 10.1 Å². The third-order valence-corrected chi connectivity index (χ3v) is 2.28. The van der Waals surface area contributed by atoms with Crippen LogP contribution in [0.25, 0.3) is 10.4 Å². The molecule has 0 N–H and O–H groups in total. The van der Waals surface area contributed by atoms with Gasteiger partial charge in [-0.3, -0.25) is 0 Å². The van der Waals surface area contributed by atoms with Crippen LogP contribution < -0.4 is 0 Å². The van der Waals surface area contributed by atoms with Crippen molar-refractivity contribution in [1.82, 2.24) is 9.61 Å². The Morgan fingerprint density at radius 1 is 1.60 bits per heavy atom.